The fraction of sp³-hybridized carbons (Fsp3) is 0.190. The number of thiazole rings is 1. The Bertz CT molecular complexity index is 1110. The van der Waals surface area contributed by atoms with Crippen molar-refractivity contribution in [2.45, 2.75) is 26.4 Å². The largest absolute Gasteiger partial charge is 0.346 e. The lowest BCUT2D eigenvalue weighted by Gasteiger charge is -2.17. The fourth-order valence-electron chi connectivity index (χ4n) is 3.16. The van der Waals surface area contributed by atoms with Gasteiger partial charge in [-0.05, 0) is 44.2 Å². The maximum absolute atomic E-state index is 12.5. The monoisotopic (exact) mass is 406 g/mol. The summed E-state index contributed by atoms with van der Waals surface area (Å²) in [5.74, 6) is -1.01. The Morgan fingerprint density at radius 1 is 1.10 bits per heavy atom. The van der Waals surface area contributed by atoms with Crippen LogP contribution in [0.3, 0.4) is 0 Å². The molecule has 2 aromatic heterocycles. The van der Waals surface area contributed by atoms with Crippen LogP contribution in [0.4, 0.5) is 0 Å². The van der Waals surface area contributed by atoms with Gasteiger partial charge in [0.25, 0.3) is 17.7 Å². The van der Waals surface area contributed by atoms with Crippen molar-refractivity contribution in [3.8, 4) is 10.6 Å². The molecule has 1 aromatic carbocycles. The Balaban J connectivity index is 1.46. The Hall–Kier alpha value is -3.39. The molecule has 0 atom stereocenters. The van der Waals surface area contributed by atoms with Crippen molar-refractivity contribution >= 4 is 29.1 Å². The molecule has 4 rings (SSSR count). The molecule has 7 nitrogen and oxygen atoms in total. The summed E-state index contributed by atoms with van der Waals surface area (Å²) in [5, 5.41) is 5.56. The van der Waals surface area contributed by atoms with Crippen LogP contribution in [0.25, 0.3) is 10.6 Å². The number of amides is 3. The molecule has 8 heteroatoms. The lowest BCUT2D eigenvalue weighted by molar-refractivity contribution is 0.0609. The molecule has 3 heterocycles. The minimum Gasteiger partial charge on any atom is -0.346 e. The van der Waals surface area contributed by atoms with Crippen molar-refractivity contribution in [2.24, 2.45) is 0 Å². The highest BCUT2D eigenvalue weighted by Crippen LogP contribution is 2.26. The van der Waals surface area contributed by atoms with Gasteiger partial charge in [0.15, 0.2) is 0 Å². The van der Waals surface area contributed by atoms with Crippen LogP contribution in [-0.2, 0) is 6.54 Å². The van der Waals surface area contributed by atoms with Crippen molar-refractivity contribution in [3.63, 3.8) is 0 Å². The first kappa shape index (κ1) is 18.9. The number of nitrogens with one attached hydrogen (secondary N) is 1. The van der Waals surface area contributed by atoms with E-state index in [1.54, 1.807) is 32.3 Å². The molecular formula is C21H18N4O3S. The molecule has 1 aliphatic heterocycles. The lowest BCUT2D eigenvalue weighted by Crippen LogP contribution is -2.35. The molecule has 0 aliphatic carbocycles. The van der Waals surface area contributed by atoms with Crippen LogP contribution in [-0.4, -0.2) is 38.6 Å². The molecule has 3 aromatic rings. The van der Waals surface area contributed by atoms with Gasteiger partial charge < -0.3 is 5.32 Å². The second-order valence-electron chi connectivity index (χ2n) is 6.90. The molecule has 1 N–H and O–H groups in total. The highest BCUT2D eigenvalue weighted by Gasteiger charge is 2.37. The van der Waals surface area contributed by atoms with E-state index in [1.807, 2.05) is 17.5 Å². The first-order valence-corrected chi connectivity index (χ1v) is 9.98. The van der Waals surface area contributed by atoms with E-state index >= 15 is 0 Å². The van der Waals surface area contributed by atoms with Gasteiger partial charge in [0.05, 0.1) is 23.4 Å². The predicted molar refractivity (Wildman–Crippen MR) is 109 cm³/mol. The summed E-state index contributed by atoms with van der Waals surface area (Å²) in [6, 6.07) is 8.11. The minimum absolute atomic E-state index is 0.237. The Kier molecular flexibility index (Phi) is 4.94. The number of carbonyl (C=O) groups excluding carboxylic acids is 3. The van der Waals surface area contributed by atoms with Crippen LogP contribution in [0.15, 0.2) is 48.1 Å². The molecular weight excluding hydrogens is 388 g/mol. The number of benzene rings is 1. The van der Waals surface area contributed by atoms with Crippen LogP contribution >= 0.6 is 11.3 Å². The molecule has 0 radical (unpaired) electrons. The number of hydrogen-bond donors (Lipinski definition) is 1. The summed E-state index contributed by atoms with van der Waals surface area (Å²) in [6.45, 7) is 3.83. The number of rotatable bonds is 5. The van der Waals surface area contributed by atoms with Gasteiger partial charge in [-0.1, -0.05) is 0 Å². The summed E-state index contributed by atoms with van der Waals surface area (Å²) in [5.41, 5.74) is 2.65. The second kappa shape index (κ2) is 7.56. The standard InChI is InChI=1S/C21H18N4O3S/c1-12(2)25-20(27)16-4-3-14(9-17(16)21(25)28)18(26)23-10-15-11-29-19(24-15)13-5-7-22-8-6-13/h3-9,11-12H,10H2,1-2H3,(H,23,26). The predicted octanol–water partition coefficient (Wildman–Crippen LogP) is 3.14. The zero-order chi connectivity index (χ0) is 20.5. The van der Waals surface area contributed by atoms with Crippen molar-refractivity contribution in [2.75, 3.05) is 0 Å². The average Bonchev–Trinajstić information content (AvgIpc) is 3.30. The maximum atomic E-state index is 12.5. The molecule has 146 valence electrons. The van der Waals surface area contributed by atoms with E-state index in [-0.39, 0.29) is 35.9 Å². The quantitative estimate of drug-likeness (QED) is 0.657. The number of imide groups is 1. The average molecular weight is 406 g/mol. The third-order valence-corrected chi connectivity index (χ3v) is 5.55. The zero-order valence-electron chi connectivity index (χ0n) is 15.9. The molecule has 1 aliphatic rings. The molecule has 0 saturated carbocycles. The topological polar surface area (TPSA) is 92.3 Å². The number of carbonyl (C=O) groups is 3. The third-order valence-electron chi connectivity index (χ3n) is 4.61. The van der Waals surface area contributed by atoms with Gasteiger partial charge in [0.1, 0.15) is 5.01 Å². The Labute approximate surface area is 171 Å². The lowest BCUT2D eigenvalue weighted by atomic mass is 10.1. The van der Waals surface area contributed by atoms with E-state index in [4.69, 9.17) is 0 Å². The van der Waals surface area contributed by atoms with E-state index in [9.17, 15) is 14.4 Å². The number of hydrogen-bond acceptors (Lipinski definition) is 6. The van der Waals surface area contributed by atoms with Gasteiger partial charge in [-0.15, -0.1) is 11.3 Å². The van der Waals surface area contributed by atoms with Gasteiger partial charge in [0.2, 0.25) is 0 Å². The molecule has 0 unspecified atom stereocenters. The van der Waals surface area contributed by atoms with Crippen LogP contribution in [0, 0.1) is 0 Å². The van der Waals surface area contributed by atoms with E-state index in [1.165, 1.54) is 28.4 Å². The third kappa shape index (κ3) is 3.54. The second-order valence-corrected chi connectivity index (χ2v) is 7.76. The van der Waals surface area contributed by atoms with Crippen LogP contribution in [0.2, 0.25) is 0 Å². The first-order valence-electron chi connectivity index (χ1n) is 9.10. The Morgan fingerprint density at radius 3 is 2.55 bits per heavy atom. The maximum Gasteiger partial charge on any atom is 0.261 e. The molecule has 3 amide bonds. The summed E-state index contributed by atoms with van der Waals surface area (Å²) in [4.78, 5) is 47.1. The van der Waals surface area contributed by atoms with Crippen molar-refractivity contribution in [3.05, 3.63) is 70.5 Å². The normalized spacial score (nSPS) is 13.1. The van der Waals surface area contributed by atoms with E-state index in [0.717, 1.165) is 16.3 Å². The van der Waals surface area contributed by atoms with Gasteiger partial charge in [-0.3, -0.25) is 24.3 Å². The van der Waals surface area contributed by atoms with Crippen molar-refractivity contribution in [1.82, 2.24) is 20.2 Å². The van der Waals surface area contributed by atoms with Crippen LogP contribution in [0.1, 0.15) is 50.6 Å². The highest BCUT2D eigenvalue weighted by atomic mass is 32.1. The number of fused-ring (bicyclic) bond motifs is 1. The van der Waals surface area contributed by atoms with Crippen molar-refractivity contribution < 1.29 is 14.4 Å². The SMILES string of the molecule is CC(C)N1C(=O)c2ccc(C(=O)NCc3csc(-c4ccncc4)n3)cc2C1=O. The molecule has 0 fully saturated rings. The molecule has 0 saturated heterocycles. The minimum atomic E-state index is -0.365. The number of pyridine rings is 1. The van der Waals surface area contributed by atoms with Gasteiger partial charge >= 0.3 is 0 Å². The summed E-state index contributed by atoms with van der Waals surface area (Å²) in [7, 11) is 0. The van der Waals surface area contributed by atoms with Crippen molar-refractivity contribution in [1.29, 1.82) is 0 Å². The van der Waals surface area contributed by atoms with E-state index < -0.39 is 0 Å². The van der Waals surface area contributed by atoms with Gasteiger partial charge in [-0.25, -0.2) is 4.98 Å². The summed E-state index contributed by atoms with van der Waals surface area (Å²) < 4.78 is 0. The molecule has 0 spiro atoms. The number of nitrogens with zero attached hydrogens (tertiary/aromatic N) is 3. The molecule has 0 bridgehead atoms. The van der Waals surface area contributed by atoms with Gasteiger partial charge in [-0.2, -0.15) is 0 Å². The van der Waals surface area contributed by atoms with E-state index in [2.05, 4.69) is 15.3 Å². The summed E-state index contributed by atoms with van der Waals surface area (Å²) >= 11 is 1.49. The summed E-state index contributed by atoms with van der Waals surface area (Å²) in [6.07, 6.45) is 3.41. The number of aromatic nitrogens is 2. The Morgan fingerprint density at radius 2 is 1.83 bits per heavy atom. The van der Waals surface area contributed by atoms with E-state index in [0.29, 0.717) is 11.1 Å². The van der Waals surface area contributed by atoms with Gasteiger partial charge in [0, 0.05) is 34.9 Å². The first-order chi connectivity index (χ1) is 14.0. The highest BCUT2D eigenvalue weighted by molar-refractivity contribution is 7.13. The zero-order valence-corrected chi connectivity index (χ0v) is 16.7. The molecule has 29 heavy (non-hydrogen) atoms. The smallest absolute Gasteiger partial charge is 0.261 e. The van der Waals surface area contributed by atoms with Crippen LogP contribution in [0.5, 0.6) is 0 Å². The fourth-order valence-corrected chi connectivity index (χ4v) is 3.98. The van der Waals surface area contributed by atoms with Crippen LogP contribution < -0.4 is 5.32 Å².